The van der Waals surface area contributed by atoms with Gasteiger partial charge >= 0.3 is 0 Å². The van der Waals surface area contributed by atoms with Gasteiger partial charge in [0.05, 0.1) is 23.5 Å². The molecule has 1 unspecified atom stereocenters. The number of likely N-dealkylation sites (tertiary alicyclic amines) is 1. The van der Waals surface area contributed by atoms with Crippen molar-refractivity contribution in [1.29, 1.82) is 0 Å². The van der Waals surface area contributed by atoms with Gasteiger partial charge in [-0.3, -0.25) is 29.6 Å². The molecule has 9 heteroatoms. The molecule has 39 heavy (non-hydrogen) atoms. The Morgan fingerprint density at radius 3 is 2.38 bits per heavy atom. The number of benzene rings is 2. The summed E-state index contributed by atoms with van der Waals surface area (Å²) in [4.78, 5) is 45.3. The number of carbonyl (C=O) groups is 3. The van der Waals surface area contributed by atoms with E-state index in [2.05, 4.69) is 39.8 Å². The first kappa shape index (κ1) is 25.2. The maximum Gasteiger partial charge on any atom is 0.256 e. The van der Waals surface area contributed by atoms with E-state index in [1.165, 1.54) is 10.5 Å². The largest absolute Gasteiger partial charge is 0.383 e. The van der Waals surface area contributed by atoms with Gasteiger partial charge in [-0.25, -0.2) is 0 Å². The lowest BCUT2D eigenvalue weighted by Gasteiger charge is -2.38. The van der Waals surface area contributed by atoms with Gasteiger partial charge in [0, 0.05) is 37.4 Å². The number of aliphatic hydroxyl groups is 1. The van der Waals surface area contributed by atoms with E-state index in [9.17, 15) is 19.5 Å². The van der Waals surface area contributed by atoms with Crippen molar-refractivity contribution in [1.82, 2.24) is 20.1 Å². The van der Waals surface area contributed by atoms with Crippen LogP contribution in [0.1, 0.15) is 53.0 Å². The lowest BCUT2D eigenvalue weighted by Crippen LogP contribution is -2.52. The van der Waals surface area contributed by atoms with Crippen LogP contribution in [0.2, 0.25) is 0 Å². The number of rotatable bonds is 6. The fourth-order valence-electron chi connectivity index (χ4n) is 5.67. The molecule has 0 spiro atoms. The SMILES string of the molecule is O=C1CCC(N2Cc3nc(C4(O)CCN(Cc5ccc(Nc6ccccc6)cc5)CC4)ccc3C2=O)C(=O)N1. The van der Waals surface area contributed by atoms with E-state index in [4.69, 9.17) is 4.98 Å². The number of fused-ring (bicyclic) bond motifs is 1. The Kier molecular flexibility index (Phi) is 6.62. The van der Waals surface area contributed by atoms with Gasteiger partial charge in [0.15, 0.2) is 0 Å². The molecule has 3 aliphatic heterocycles. The van der Waals surface area contributed by atoms with Crippen LogP contribution in [0, 0.1) is 0 Å². The number of imide groups is 1. The fraction of sp³-hybridized carbons (Fsp3) is 0.333. The monoisotopic (exact) mass is 525 g/mol. The second-order valence-electron chi connectivity index (χ2n) is 10.6. The van der Waals surface area contributed by atoms with Crippen molar-refractivity contribution >= 4 is 29.1 Å². The quantitative estimate of drug-likeness (QED) is 0.424. The van der Waals surface area contributed by atoms with Crippen molar-refractivity contribution in [3.05, 3.63) is 89.2 Å². The smallest absolute Gasteiger partial charge is 0.256 e. The third-order valence-electron chi connectivity index (χ3n) is 7.95. The Balaban J connectivity index is 1.07. The summed E-state index contributed by atoms with van der Waals surface area (Å²) in [5.74, 6) is -1.02. The summed E-state index contributed by atoms with van der Waals surface area (Å²) in [7, 11) is 0. The number of carbonyl (C=O) groups excluding carboxylic acids is 3. The number of aromatic nitrogens is 1. The summed E-state index contributed by atoms with van der Waals surface area (Å²) in [6, 6.07) is 21.2. The second-order valence-corrected chi connectivity index (χ2v) is 10.6. The Morgan fingerprint density at radius 1 is 0.949 bits per heavy atom. The van der Waals surface area contributed by atoms with Gasteiger partial charge in [-0.1, -0.05) is 30.3 Å². The van der Waals surface area contributed by atoms with Crippen LogP contribution < -0.4 is 10.6 Å². The summed E-state index contributed by atoms with van der Waals surface area (Å²) in [6.45, 7) is 2.45. The molecule has 4 heterocycles. The lowest BCUT2D eigenvalue weighted by molar-refractivity contribution is -0.136. The Labute approximate surface area is 226 Å². The number of hydrogen-bond donors (Lipinski definition) is 3. The molecule has 2 fully saturated rings. The zero-order chi connectivity index (χ0) is 27.0. The van der Waals surface area contributed by atoms with Gasteiger partial charge in [0.2, 0.25) is 11.8 Å². The molecule has 3 N–H and O–H groups in total. The second kappa shape index (κ2) is 10.2. The minimum Gasteiger partial charge on any atom is -0.383 e. The first-order valence-corrected chi connectivity index (χ1v) is 13.4. The highest BCUT2D eigenvalue weighted by Crippen LogP contribution is 2.35. The third kappa shape index (κ3) is 5.15. The van der Waals surface area contributed by atoms with Crippen molar-refractivity contribution in [3.63, 3.8) is 0 Å². The van der Waals surface area contributed by atoms with E-state index in [1.54, 1.807) is 12.1 Å². The van der Waals surface area contributed by atoms with Crippen molar-refractivity contribution in [3.8, 4) is 0 Å². The number of anilines is 2. The highest BCUT2D eigenvalue weighted by Gasteiger charge is 2.41. The molecule has 200 valence electrons. The molecule has 9 nitrogen and oxygen atoms in total. The minimum atomic E-state index is -1.07. The molecule has 0 radical (unpaired) electrons. The molecule has 6 rings (SSSR count). The molecule has 1 atom stereocenters. The molecular formula is C30H31N5O4. The Hall–Kier alpha value is -4.08. The van der Waals surface area contributed by atoms with Crippen LogP contribution in [0.5, 0.6) is 0 Å². The highest BCUT2D eigenvalue weighted by molar-refractivity contribution is 6.05. The molecular weight excluding hydrogens is 494 g/mol. The third-order valence-corrected chi connectivity index (χ3v) is 7.95. The van der Waals surface area contributed by atoms with Crippen LogP contribution in [0.15, 0.2) is 66.7 Å². The molecule has 0 bridgehead atoms. The van der Waals surface area contributed by atoms with Crippen molar-refractivity contribution < 1.29 is 19.5 Å². The van der Waals surface area contributed by atoms with Crippen molar-refractivity contribution in [2.45, 2.75) is 50.4 Å². The highest BCUT2D eigenvalue weighted by atomic mass is 16.3. The number of pyridine rings is 1. The summed E-state index contributed by atoms with van der Waals surface area (Å²) in [5.41, 5.74) is 3.82. The minimum absolute atomic E-state index is 0.200. The maximum absolute atomic E-state index is 13.0. The van der Waals surface area contributed by atoms with E-state index in [0.29, 0.717) is 36.2 Å². The van der Waals surface area contributed by atoms with Gasteiger partial charge in [-0.2, -0.15) is 0 Å². The van der Waals surface area contributed by atoms with Crippen LogP contribution in [-0.4, -0.2) is 56.7 Å². The lowest BCUT2D eigenvalue weighted by atomic mass is 9.87. The molecule has 3 amide bonds. The summed E-state index contributed by atoms with van der Waals surface area (Å²) in [5, 5.41) is 17.2. The Morgan fingerprint density at radius 2 is 1.67 bits per heavy atom. The normalized spacial score (nSPS) is 21.0. The van der Waals surface area contributed by atoms with Crippen molar-refractivity contribution in [2.24, 2.45) is 0 Å². The zero-order valence-electron chi connectivity index (χ0n) is 21.6. The van der Waals surface area contributed by atoms with Crippen LogP contribution in [0.4, 0.5) is 11.4 Å². The van der Waals surface area contributed by atoms with E-state index in [1.807, 2.05) is 30.3 Å². The predicted octanol–water partition coefficient (Wildman–Crippen LogP) is 3.07. The van der Waals surface area contributed by atoms with E-state index in [-0.39, 0.29) is 24.8 Å². The van der Waals surface area contributed by atoms with E-state index >= 15 is 0 Å². The average molecular weight is 526 g/mol. The molecule has 2 saturated heterocycles. The first-order valence-electron chi connectivity index (χ1n) is 13.4. The van der Waals surface area contributed by atoms with Crippen LogP contribution in [0.25, 0.3) is 0 Å². The summed E-state index contributed by atoms with van der Waals surface area (Å²) in [6.07, 6.45) is 1.60. The van der Waals surface area contributed by atoms with E-state index < -0.39 is 17.6 Å². The van der Waals surface area contributed by atoms with E-state index in [0.717, 1.165) is 31.0 Å². The standard InChI is InChI=1S/C30H31N5O4/c36-27-13-11-25(28(37)33-27)35-19-24-23(29(35)38)10-12-26(32-24)30(39)14-16-34(17-15-30)18-20-6-8-22(9-7-20)31-21-4-2-1-3-5-21/h1-10,12,25,31,39H,11,13-19H2,(H,33,36,37). The summed E-state index contributed by atoms with van der Waals surface area (Å²) >= 11 is 0. The number of hydrogen-bond acceptors (Lipinski definition) is 7. The molecule has 0 saturated carbocycles. The van der Waals surface area contributed by atoms with Crippen LogP contribution in [-0.2, 0) is 28.3 Å². The van der Waals surface area contributed by atoms with Gasteiger partial charge in [-0.15, -0.1) is 0 Å². The molecule has 0 aliphatic carbocycles. The average Bonchev–Trinajstić information content (AvgIpc) is 3.27. The summed E-state index contributed by atoms with van der Waals surface area (Å²) < 4.78 is 0. The van der Waals surface area contributed by atoms with Crippen molar-refractivity contribution in [2.75, 3.05) is 18.4 Å². The predicted molar refractivity (Wildman–Crippen MR) is 145 cm³/mol. The van der Waals surface area contributed by atoms with Crippen LogP contribution >= 0.6 is 0 Å². The van der Waals surface area contributed by atoms with Gasteiger partial charge in [0.25, 0.3) is 5.91 Å². The maximum atomic E-state index is 13.0. The van der Waals surface area contributed by atoms with Gasteiger partial charge in [-0.05, 0) is 61.2 Å². The Bertz CT molecular complexity index is 1400. The van der Waals surface area contributed by atoms with Gasteiger partial charge in [0.1, 0.15) is 11.6 Å². The number of piperidine rings is 2. The molecule has 3 aliphatic rings. The number of amides is 3. The molecule has 3 aromatic rings. The number of para-hydroxylation sites is 1. The van der Waals surface area contributed by atoms with Gasteiger partial charge < -0.3 is 15.3 Å². The molecule has 1 aromatic heterocycles. The number of nitrogens with zero attached hydrogens (tertiary/aromatic N) is 3. The molecule has 2 aromatic carbocycles. The fourth-order valence-corrected chi connectivity index (χ4v) is 5.67. The zero-order valence-corrected chi connectivity index (χ0v) is 21.6. The first-order chi connectivity index (χ1) is 18.9. The topological polar surface area (TPSA) is 115 Å². The van der Waals surface area contributed by atoms with Crippen LogP contribution in [0.3, 0.4) is 0 Å². The number of nitrogens with one attached hydrogen (secondary N) is 2.